The molecule has 0 bridgehead atoms. The Balaban J connectivity index is 1.55. The van der Waals surface area contributed by atoms with Crippen molar-refractivity contribution in [2.45, 2.75) is 20.3 Å². The van der Waals surface area contributed by atoms with Crippen molar-refractivity contribution in [3.05, 3.63) is 65.9 Å². The minimum atomic E-state index is -0.117. The van der Waals surface area contributed by atoms with Gasteiger partial charge in [0.05, 0.1) is 17.8 Å². The Bertz CT molecular complexity index is 1040. The summed E-state index contributed by atoms with van der Waals surface area (Å²) in [6.45, 7) is 3.64. The number of carbonyl (C=O) groups excluding carboxylic acids is 1. The average molecular weight is 347 g/mol. The zero-order chi connectivity index (χ0) is 18.1. The van der Waals surface area contributed by atoms with Crippen molar-refractivity contribution < 1.29 is 9.32 Å². The first-order valence-corrected chi connectivity index (χ1v) is 8.22. The van der Waals surface area contributed by atoms with E-state index in [1.54, 1.807) is 13.1 Å². The van der Waals surface area contributed by atoms with E-state index in [1.807, 2.05) is 54.0 Å². The van der Waals surface area contributed by atoms with Gasteiger partial charge in [-0.1, -0.05) is 17.3 Å². The fourth-order valence-corrected chi connectivity index (χ4v) is 2.85. The molecule has 7 nitrogen and oxygen atoms in total. The maximum absolute atomic E-state index is 12.4. The Labute approximate surface area is 149 Å². The Morgan fingerprint density at radius 1 is 1.27 bits per heavy atom. The molecule has 0 radical (unpaired) electrons. The van der Waals surface area contributed by atoms with Gasteiger partial charge in [0.2, 0.25) is 11.7 Å². The zero-order valence-electron chi connectivity index (χ0n) is 14.4. The van der Waals surface area contributed by atoms with E-state index in [2.05, 4.69) is 20.4 Å². The Morgan fingerprint density at radius 2 is 2.15 bits per heavy atom. The molecule has 0 aliphatic rings. The molecule has 0 fully saturated rings. The number of rotatable bonds is 4. The second kappa shape index (κ2) is 6.44. The molecule has 3 aromatic heterocycles. The van der Waals surface area contributed by atoms with Gasteiger partial charge in [-0.05, 0) is 32.0 Å². The standard InChI is InChI=1S/C19H17N5O2/c1-12-16(13(2)26-23-12)10-18(25)21-15-6-3-5-14(9-15)17-11-24-8-4-7-20-19(24)22-17/h3-9,11H,10H2,1-2H3,(H,21,25). The molecule has 1 aromatic carbocycles. The number of nitrogens with zero attached hydrogens (tertiary/aromatic N) is 4. The zero-order valence-corrected chi connectivity index (χ0v) is 14.4. The molecule has 0 unspecified atom stereocenters. The van der Waals surface area contributed by atoms with Gasteiger partial charge in [-0.3, -0.25) is 9.20 Å². The fourth-order valence-electron chi connectivity index (χ4n) is 2.85. The lowest BCUT2D eigenvalue weighted by atomic mass is 10.1. The second-order valence-corrected chi connectivity index (χ2v) is 6.06. The summed E-state index contributed by atoms with van der Waals surface area (Å²) in [5.74, 6) is 1.19. The molecular formula is C19H17N5O2. The summed E-state index contributed by atoms with van der Waals surface area (Å²) in [4.78, 5) is 21.1. The molecule has 130 valence electrons. The van der Waals surface area contributed by atoms with Crippen LogP contribution in [0, 0.1) is 13.8 Å². The lowest BCUT2D eigenvalue weighted by Crippen LogP contribution is -2.15. The van der Waals surface area contributed by atoms with Crippen LogP contribution in [0.25, 0.3) is 17.0 Å². The van der Waals surface area contributed by atoms with E-state index in [9.17, 15) is 4.79 Å². The molecule has 1 amide bonds. The summed E-state index contributed by atoms with van der Waals surface area (Å²) >= 11 is 0. The maximum atomic E-state index is 12.4. The van der Waals surface area contributed by atoms with E-state index in [0.29, 0.717) is 17.2 Å². The lowest BCUT2D eigenvalue weighted by Gasteiger charge is -2.06. The molecule has 0 atom stereocenters. The summed E-state index contributed by atoms with van der Waals surface area (Å²) in [5, 5.41) is 6.80. The van der Waals surface area contributed by atoms with Crippen LogP contribution in [0.2, 0.25) is 0 Å². The first kappa shape index (κ1) is 16.0. The topological polar surface area (TPSA) is 85.3 Å². The van der Waals surface area contributed by atoms with E-state index in [4.69, 9.17) is 4.52 Å². The summed E-state index contributed by atoms with van der Waals surface area (Å²) in [6.07, 6.45) is 5.74. The third-order valence-electron chi connectivity index (χ3n) is 4.20. The predicted molar refractivity (Wildman–Crippen MR) is 96.7 cm³/mol. The molecule has 0 spiro atoms. The van der Waals surface area contributed by atoms with E-state index in [1.165, 1.54) is 0 Å². The van der Waals surface area contributed by atoms with Crippen LogP contribution in [-0.2, 0) is 11.2 Å². The maximum Gasteiger partial charge on any atom is 0.234 e. The number of hydrogen-bond acceptors (Lipinski definition) is 5. The van der Waals surface area contributed by atoms with E-state index >= 15 is 0 Å². The van der Waals surface area contributed by atoms with Crippen LogP contribution >= 0.6 is 0 Å². The monoisotopic (exact) mass is 347 g/mol. The fraction of sp³-hybridized carbons (Fsp3) is 0.158. The number of anilines is 1. The number of aromatic nitrogens is 4. The highest BCUT2D eigenvalue weighted by Crippen LogP contribution is 2.22. The second-order valence-electron chi connectivity index (χ2n) is 6.06. The molecular weight excluding hydrogens is 330 g/mol. The van der Waals surface area contributed by atoms with Gasteiger partial charge in [-0.15, -0.1) is 0 Å². The molecule has 7 heteroatoms. The van der Waals surface area contributed by atoms with Crippen molar-refractivity contribution in [2.75, 3.05) is 5.32 Å². The highest BCUT2D eigenvalue weighted by Gasteiger charge is 2.14. The van der Waals surface area contributed by atoms with Gasteiger partial charge >= 0.3 is 0 Å². The first-order valence-electron chi connectivity index (χ1n) is 8.22. The van der Waals surface area contributed by atoms with Crippen molar-refractivity contribution in [3.8, 4) is 11.3 Å². The van der Waals surface area contributed by atoms with Crippen molar-refractivity contribution >= 4 is 17.4 Å². The number of carbonyl (C=O) groups is 1. The minimum absolute atomic E-state index is 0.117. The molecule has 0 saturated carbocycles. The van der Waals surface area contributed by atoms with Crippen LogP contribution in [0.5, 0.6) is 0 Å². The number of nitrogens with one attached hydrogen (secondary N) is 1. The van der Waals surface area contributed by atoms with Crippen molar-refractivity contribution in [1.82, 2.24) is 19.5 Å². The van der Waals surface area contributed by atoms with Gasteiger partial charge in [0.15, 0.2) is 0 Å². The normalized spacial score (nSPS) is 11.0. The summed E-state index contributed by atoms with van der Waals surface area (Å²) in [7, 11) is 0. The van der Waals surface area contributed by atoms with Gasteiger partial charge in [0, 0.05) is 35.4 Å². The number of imidazole rings is 1. The van der Waals surface area contributed by atoms with E-state index in [-0.39, 0.29) is 12.3 Å². The number of hydrogen-bond donors (Lipinski definition) is 1. The quantitative estimate of drug-likeness (QED) is 0.613. The molecule has 0 aliphatic carbocycles. The largest absolute Gasteiger partial charge is 0.361 e. The molecule has 26 heavy (non-hydrogen) atoms. The molecule has 4 rings (SSSR count). The van der Waals surface area contributed by atoms with Crippen LogP contribution in [0.3, 0.4) is 0 Å². The molecule has 0 saturated heterocycles. The Hall–Kier alpha value is -3.48. The highest BCUT2D eigenvalue weighted by molar-refractivity contribution is 5.93. The van der Waals surface area contributed by atoms with E-state index in [0.717, 1.165) is 22.5 Å². The number of aryl methyl sites for hydroxylation is 2. The lowest BCUT2D eigenvalue weighted by molar-refractivity contribution is -0.115. The minimum Gasteiger partial charge on any atom is -0.361 e. The van der Waals surface area contributed by atoms with Crippen LogP contribution < -0.4 is 5.32 Å². The Kier molecular flexibility index (Phi) is 3.96. The van der Waals surface area contributed by atoms with Crippen LogP contribution in [-0.4, -0.2) is 25.4 Å². The van der Waals surface area contributed by atoms with Gasteiger partial charge in [-0.2, -0.15) is 0 Å². The summed E-state index contributed by atoms with van der Waals surface area (Å²) < 4.78 is 6.96. The molecule has 4 aromatic rings. The van der Waals surface area contributed by atoms with Gasteiger partial charge in [0.25, 0.3) is 0 Å². The number of amides is 1. The third-order valence-corrected chi connectivity index (χ3v) is 4.20. The SMILES string of the molecule is Cc1noc(C)c1CC(=O)Nc1cccc(-c2cn3cccnc3n2)c1. The van der Waals surface area contributed by atoms with Crippen LogP contribution in [0.1, 0.15) is 17.0 Å². The molecule has 3 heterocycles. The number of fused-ring (bicyclic) bond motifs is 1. The Morgan fingerprint density at radius 3 is 2.92 bits per heavy atom. The van der Waals surface area contributed by atoms with Gasteiger partial charge in [-0.25, -0.2) is 9.97 Å². The van der Waals surface area contributed by atoms with Crippen molar-refractivity contribution in [1.29, 1.82) is 0 Å². The van der Waals surface area contributed by atoms with Crippen molar-refractivity contribution in [2.24, 2.45) is 0 Å². The van der Waals surface area contributed by atoms with Crippen LogP contribution in [0.4, 0.5) is 5.69 Å². The van der Waals surface area contributed by atoms with Crippen LogP contribution in [0.15, 0.2) is 53.4 Å². The van der Waals surface area contributed by atoms with Gasteiger partial charge in [0.1, 0.15) is 5.76 Å². The van der Waals surface area contributed by atoms with Crippen molar-refractivity contribution in [3.63, 3.8) is 0 Å². The molecule has 1 N–H and O–H groups in total. The average Bonchev–Trinajstić information content (AvgIpc) is 3.20. The summed E-state index contributed by atoms with van der Waals surface area (Å²) in [6, 6.07) is 9.43. The third kappa shape index (κ3) is 3.06. The predicted octanol–water partition coefficient (Wildman–Crippen LogP) is 3.18. The van der Waals surface area contributed by atoms with Gasteiger partial charge < -0.3 is 9.84 Å². The first-order chi connectivity index (χ1) is 12.6. The molecule has 0 aliphatic heterocycles. The highest BCUT2D eigenvalue weighted by atomic mass is 16.5. The summed E-state index contributed by atoms with van der Waals surface area (Å²) in [5.41, 5.74) is 3.98. The smallest absolute Gasteiger partial charge is 0.234 e. The number of benzene rings is 1. The van der Waals surface area contributed by atoms with E-state index < -0.39 is 0 Å².